The molecule has 0 spiro atoms. The highest BCUT2D eigenvalue weighted by molar-refractivity contribution is 5.89. The molecule has 1 aromatic carbocycles. The molecule has 0 atom stereocenters. The van der Waals surface area contributed by atoms with Crippen molar-refractivity contribution in [1.82, 2.24) is 0 Å². The van der Waals surface area contributed by atoms with Crippen molar-refractivity contribution >= 4 is 18.1 Å². The van der Waals surface area contributed by atoms with Crippen LogP contribution in [-0.4, -0.2) is 17.5 Å². The summed E-state index contributed by atoms with van der Waals surface area (Å²) in [5, 5.41) is 8.60. The number of carboxylic acid groups (broad SMARTS) is 1. The minimum absolute atomic E-state index is 0.0168. The van der Waals surface area contributed by atoms with E-state index in [9.17, 15) is 9.59 Å². The predicted molar refractivity (Wildman–Crippen MR) is 44.5 cm³/mol. The van der Waals surface area contributed by atoms with Gasteiger partial charge in [0.05, 0.1) is 5.56 Å². The maximum absolute atomic E-state index is 10.5. The molecule has 0 aliphatic rings. The summed E-state index contributed by atoms with van der Waals surface area (Å²) in [4.78, 5) is 20.5. The van der Waals surface area contributed by atoms with Crippen LogP contribution in [0.1, 0.15) is 10.4 Å². The maximum atomic E-state index is 10.5. The lowest BCUT2D eigenvalue weighted by Gasteiger charge is -2.01. The number of nitrogen functional groups attached to an aromatic ring is 1. The Morgan fingerprint density at radius 3 is 2.69 bits per heavy atom. The van der Waals surface area contributed by atoms with Crippen molar-refractivity contribution in [3.8, 4) is 5.75 Å². The van der Waals surface area contributed by atoms with Crippen LogP contribution in [0.2, 0.25) is 0 Å². The molecule has 0 bridgehead atoms. The van der Waals surface area contributed by atoms with E-state index in [1.165, 1.54) is 18.2 Å². The largest absolute Gasteiger partial charge is 0.478 e. The monoisotopic (exact) mass is 181 g/mol. The summed E-state index contributed by atoms with van der Waals surface area (Å²) in [7, 11) is 0. The van der Waals surface area contributed by atoms with Crippen molar-refractivity contribution in [2.75, 3.05) is 5.73 Å². The summed E-state index contributed by atoms with van der Waals surface area (Å²) in [6, 6.07) is 3.86. The maximum Gasteiger partial charge on any atom is 0.335 e. The molecule has 0 aromatic heterocycles. The summed E-state index contributed by atoms with van der Waals surface area (Å²) in [6.07, 6.45) is 0. The van der Waals surface area contributed by atoms with Gasteiger partial charge in [-0.1, -0.05) is 0 Å². The van der Waals surface area contributed by atoms with Crippen LogP contribution in [0.3, 0.4) is 0 Å². The number of ether oxygens (including phenoxy) is 1. The third-order valence-corrected chi connectivity index (χ3v) is 1.36. The molecule has 68 valence electrons. The Balaban J connectivity index is 3.10. The van der Waals surface area contributed by atoms with Gasteiger partial charge in [-0.15, -0.1) is 0 Å². The highest BCUT2D eigenvalue weighted by atomic mass is 16.5. The van der Waals surface area contributed by atoms with Crippen LogP contribution in [0.25, 0.3) is 0 Å². The lowest BCUT2D eigenvalue weighted by Crippen LogP contribution is -1.99. The minimum Gasteiger partial charge on any atom is -0.478 e. The van der Waals surface area contributed by atoms with Crippen LogP contribution in [0.15, 0.2) is 18.2 Å². The van der Waals surface area contributed by atoms with Gasteiger partial charge < -0.3 is 15.6 Å². The van der Waals surface area contributed by atoms with Gasteiger partial charge in [0, 0.05) is 11.8 Å². The van der Waals surface area contributed by atoms with Gasteiger partial charge in [0.25, 0.3) is 6.47 Å². The normalized spacial score (nSPS) is 9.23. The number of aromatic carboxylic acids is 1. The van der Waals surface area contributed by atoms with Gasteiger partial charge in [0.1, 0.15) is 5.75 Å². The van der Waals surface area contributed by atoms with Gasteiger partial charge in [0.15, 0.2) is 0 Å². The first-order valence-electron chi connectivity index (χ1n) is 3.37. The molecule has 3 N–H and O–H groups in total. The van der Waals surface area contributed by atoms with Gasteiger partial charge in [-0.3, -0.25) is 4.79 Å². The van der Waals surface area contributed by atoms with Crippen molar-refractivity contribution in [2.45, 2.75) is 0 Å². The number of hydrogen-bond donors (Lipinski definition) is 2. The SMILES string of the molecule is Nc1cc(OC=O)cc(C(=O)O)c1. The number of carbonyl (C=O) groups excluding carboxylic acids is 1. The molecular weight excluding hydrogens is 174 g/mol. The number of carbonyl (C=O) groups is 2. The number of carboxylic acids is 1. The van der Waals surface area contributed by atoms with E-state index in [-0.39, 0.29) is 23.5 Å². The molecule has 0 saturated carbocycles. The van der Waals surface area contributed by atoms with Crippen molar-refractivity contribution in [3.63, 3.8) is 0 Å². The molecule has 0 aliphatic carbocycles. The zero-order chi connectivity index (χ0) is 9.84. The smallest absolute Gasteiger partial charge is 0.335 e. The number of hydrogen-bond acceptors (Lipinski definition) is 4. The van der Waals surface area contributed by atoms with Gasteiger partial charge in [-0.05, 0) is 12.1 Å². The first-order chi connectivity index (χ1) is 6.13. The third kappa shape index (κ3) is 2.19. The zero-order valence-corrected chi connectivity index (χ0v) is 6.56. The van der Waals surface area contributed by atoms with E-state index in [1.807, 2.05) is 0 Å². The second kappa shape index (κ2) is 3.57. The number of rotatable bonds is 3. The molecule has 1 aromatic rings. The molecule has 0 heterocycles. The molecule has 0 saturated heterocycles. The highest BCUT2D eigenvalue weighted by Crippen LogP contribution is 2.18. The Morgan fingerprint density at radius 2 is 2.15 bits per heavy atom. The van der Waals surface area contributed by atoms with Crippen LogP contribution in [0.4, 0.5) is 5.69 Å². The van der Waals surface area contributed by atoms with E-state index in [0.29, 0.717) is 0 Å². The average Bonchev–Trinajstić information content (AvgIpc) is 2.03. The Kier molecular flexibility index (Phi) is 2.49. The molecule has 0 amide bonds. The van der Waals surface area contributed by atoms with Crippen LogP contribution in [-0.2, 0) is 4.79 Å². The molecule has 0 unspecified atom stereocenters. The van der Waals surface area contributed by atoms with Gasteiger partial charge >= 0.3 is 5.97 Å². The lowest BCUT2D eigenvalue weighted by atomic mass is 10.2. The fourth-order valence-electron chi connectivity index (χ4n) is 0.869. The molecular formula is C8H7NO4. The lowest BCUT2D eigenvalue weighted by molar-refractivity contribution is -0.120. The van der Waals surface area contributed by atoms with Crippen molar-refractivity contribution in [2.24, 2.45) is 0 Å². The van der Waals surface area contributed by atoms with E-state index >= 15 is 0 Å². The molecule has 1 rings (SSSR count). The fraction of sp³-hybridized carbons (Fsp3) is 0. The first-order valence-corrected chi connectivity index (χ1v) is 3.37. The molecule has 5 heteroatoms. The zero-order valence-electron chi connectivity index (χ0n) is 6.56. The standard InChI is InChI=1S/C8H7NO4/c9-6-1-5(8(11)12)2-7(3-6)13-4-10/h1-4H,9H2,(H,11,12). The van der Waals surface area contributed by atoms with Gasteiger partial charge in [-0.2, -0.15) is 0 Å². The van der Waals surface area contributed by atoms with Gasteiger partial charge in [-0.25, -0.2) is 4.79 Å². The Bertz CT molecular complexity index is 348. The molecule has 13 heavy (non-hydrogen) atoms. The summed E-state index contributed by atoms with van der Waals surface area (Å²) >= 11 is 0. The first kappa shape index (κ1) is 9.05. The van der Waals surface area contributed by atoms with E-state index in [2.05, 4.69) is 4.74 Å². The van der Waals surface area contributed by atoms with E-state index in [0.717, 1.165) is 0 Å². The Hall–Kier alpha value is -2.04. The predicted octanol–water partition coefficient (Wildman–Crippen LogP) is 0.502. The van der Waals surface area contributed by atoms with Crippen LogP contribution >= 0.6 is 0 Å². The van der Waals surface area contributed by atoms with Crippen LogP contribution in [0.5, 0.6) is 5.75 Å². The highest BCUT2D eigenvalue weighted by Gasteiger charge is 2.05. The summed E-state index contributed by atoms with van der Waals surface area (Å²) in [5.74, 6) is -1.00. The quantitative estimate of drug-likeness (QED) is 0.523. The van der Waals surface area contributed by atoms with Crippen LogP contribution in [0, 0.1) is 0 Å². The fourth-order valence-corrected chi connectivity index (χ4v) is 0.869. The second-order valence-corrected chi connectivity index (χ2v) is 2.31. The summed E-state index contributed by atoms with van der Waals surface area (Å²) in [5.41, 5.74) is 5.58. The average molecular weight is 181 g/mol. The van der Waals surface area contributed by atoms with E-state index in [1.54, 1.807) is 0 Å². The Morgan fingerprint density at radius 1 is 1.46 bits per heavy atom. The van der Waals surface area contributed by atoms with Crippen LogP contribution < -0.4 is 10.5 Å². The second-order valence-electron chi connectivity index (χ2n) is 2.31. The summed E-state index contributed by atoms with van der Waals surface area (Å²) in [6.45, 7) is 0.209. The van der Waals surface area contributed by atoms with Crippen molar-refractivity contribution in [3.05, 3.63) is 23.8 Å². The number of anilines is 1. The van der Waals surface area contributed by atoms with E-state index in [4.69, 9.17) is 10.8 Å². The summed E-state index contributed by atoms with van der Waals surface area (Å²) < 4.78 is 4.45. The minimum atomic E-state index is -1.12. The Labute approximate surface area is 73.7 Å². The van der Waals surface area contributed by atoms with Gasteiger partial charge in [0.2, 0.25) is 0 Å². The topological polar surface area (TPSA) is 89.6 Å². The van der Waals surface area contributed by atoms with Crippen molar-refractivity contribution < 1.29 is 19.4 Å². The number of benzene rings is 1. The third-order valence-electron chi connectivity index (χ3n) is 1.36. The molecule has 0 radical (unpaired) electrons. The van der Waals surface area contributed by atoms with E-state index < -0.39 is 5.97 Å². The molecule has 5 nitrogen and oxygen atoms in total. The molecule has 0 fully saturated rings. The van der Waals surface area contributed by atoms with Crippen molar-refractivity contribution in [1.29, 1.82) is 0 Å². The number of nitrogens with two attached hydrogens (primary N) is 1. The molecule has 0 aliphatic heterocycles.